The van der Waals surface area contributed by atoms with Crippen LogP contribution >= 0.6 is 0 Å². The van der Waals surface area contributed by atoms with Gasteiger partial charge in [0.25, 0.3) is 0 Å². The van der Waals surface area contributed by atoms with Crippen molar-refractivity contribution in [3.05, 3.63) is 0 Å². The Morgan fingerprint density at radius 1 is 0.833 bits per heavy atom. The Bertz CT molecular complexity index is 534. The number of rotatable bonds is 5. The van der Waals surface area contributed by atoms with E-state index in [9.17, 15) is 45.7 Å². The van der Waals surface area contributed by atoms with Crippen LogP contribution in [-0.4, -0.2) is 53.0 Å². The van der Waals surface area contributed by atoms with Crippen LogP contribution in [0.15, 0.2) is 0 Å². The topological polar surface area (TPSA) is 66.8 Å². The zero-order valence-corrected chi connectivity index (χ0v) is 17.9. The van der Waals surface area contributed by atoms with Crippen LogP contribution < -0.4 is 0 Å². The van der Waals surface area contributed by atoms with E-state index in [-0.39, 0.29) is 0 Å². The van der Waals surface area contributed by atoms with Gasteiger partial charge in [0, 0.05) is 11.8 Å². The summed E-state index contributed by atoms with van der Waals surface area (Å²) in [5, 5.41) is 20.0. The first-order chi connectivity index (χ1) is 13.3. The molecule has 0 bridgehead atoms. The highest BCUT2D eigenvalue weighted by Crippen LogP contribution is 2.50. The van der Waals surface area contributed by atoms with Crippen molar-refractivity contribution in [3.8, 4) is 0 Å². The molecule has 0 aromatic rings. The minimum atomic E-state index is -5.10. The fraction of sp³-hybridized carbons (Fsp3) is 0.947. The van der Waals surface area contributed by atoms with E-state index < -0.39 is 72.1 Å². The van der Waals surface area contributed by atoms with Gasteiger partial charge in [-0.2, -0.15) is 26.3 Å². The summed E-state index contributed by atoms with van der Waals surface area (Å²) in [4.78, 5) is 12.3. The molecule has 2 N–H and O–H groups in total. The van der Waals surface area contributed by atoms with E-state index in [1.54, 1.807) is 20.8 Å². The van der Waals surface area contributed by atoms with E-state index >= 15 is 0 Å². The summed E-state index contributed by atoms with van der Waals surface area (Å²) in [6.45, 7) is 5.75. The quantitative estimate of drug-likeness (QED) is 0.453. The fourth-order valence-electron chi connectivity index (χ4n) is 3.20. The summed E-state index contributed by atoms with van der Waals surface area (Å²) in [7, 11) is 0.500. The molecule has 1 rings (SSSR count). The summed E-state index contributed by atoms with van der Waals surface area (Å²) in [6, 6.07) is 0. The molecule has 1 aliphatic rings. The summed E-state index contributed by atoms with van der Waals surface area (Å²) >= 11 is 0. The van der Waals surface area contributed by atoms with Crippen LogP contribution in [0, 0.1) is 17.3 Å². The van der Waals surface area contributed by atoms with Crippen LogP contribution in [0.3, 0.4) is 0 Å². The van der Waals surface area contributed by atoms with Crippen LogP contribution in [0.2, 0.25) is 0 Å². The molecule has 1 aliphatic carbocycles. The van der Waals surface area contributed by atoms with Crippen molar-refractivity contribution in [2.75, 3.05) is 7.18 Å². The van der Waals surface area contributed by atoms with Crippen molar-refractivity contribution in [3.63, 3.8) is 0 Å². The van der Waals surface area contributed by atoms with Gasteiger partial charge in [0.1, 0.15) is 6.10 Å². The van der Waals surface area contributed by atoms with Crippen LogP contribution in [0.4, 0.5) is 30.7 Å². The third-order valence-electron chi connectivity index (χ3n) is 6.11. The normalized spacial score (nSPS) is 27.2. The molecule has 0 aromatic carbocycles. The largest absolute Gasteiger partial charge is 0.462 e. The van der Waals surface area contributed by atoms with Gasteiger partial charge in [-0.1, -0.05) is 6.92 Å². The third-order valence-corrected chi connectivity index (χ3v) is 6.11. The second-order valence-electron chi connectivity index (χ2n) is 8.66. The molecule has 0 aliphatic heterocycles. The molecule has 4 unspecified atom stereocenters. The summed E-state index contributed by atoms with van der Waals surface area (Å²) in [5.74, 6) is -4.11. The van der Waals surface area contributed by atoms with E-state index in [0.717, 1.165) is 0 Å². The van der Waals surface area contributed by atoms with Gasteiger partial charge in [0.05, 0.1) is 12.6 Å². The van der Waals surface area contributed by atoms with E-state index in [1.807, 2.05) is 0 Å². The number of esters is 1. The molecular formula is C19H31F7O4. The highest BCUT2D eigenvalue weighted by atomic mass is 19.4. The zero-order chi connectivity index (χ0) is 24.3. The van der Waals surface area contributed by atoms with Crippen molar-refractivity contribution < 1.29 is 50.5 Å². The third kappa shape index (κ3) is 6.21. The SMILES string of the molecule is CCC(C)(C)C(=O)OC1CC(C(C)(O)C(F)(F)F)CC(C(C)(O)C(F)(F)F)C1.CF. The van der Waals surface area contributed by atoms with Crippen molar-refractivity contribution in [1.29, 1.82) is 0 Å². The van der Waals surface area contributed by atoms with Crippen LogP contribution in [0.25, 0.3) is 0 Å². The van der Waals surface area contributed by atoms with E-state index in [1.165, 1.54) is 0 Å². The monoisotopic (exact) mass is 456 g/mol. The maximum absolute atomic E-state index is 13.3. The number of carbonyl (C=O) groups excluding carboxylic acids is 1. The van der Waals surface area contributed by atoms with Gasteiger partial charge in [-0.15, -0.1) is 0 Å². The highest BCUT2D eigenvalue weighted by molar-refractivity contribution is 5.76. The van der Waals surface area contributed by atoms with Gasteiger partial charge >= 0.3 is 18.3 Å². The summed E-state index contributed by atoms with van der Waals surface area (Å²) in [6.07, 6.45) is -12.8. The minimum absolute atomic E-state index is 0.353. The zero-order valence-electron chi connectivity index (χ0n) is 17.9. The average molecular weight is 456 g/mol. The van der Waals surface area contributed by atoms with Gasteiger partial charge in [-0.05, 0) is 53.4 Å². The number of alkyl halides is 7. The number of hydrogen-bond donors (Lipinski definition) is 2. The maximum Gasteiger partial charge on any atom is 0.417 e. The second kappa shape index (κ2) is 9.58. The Hall–Kier alpha value is -1.10. The van der Waals surface area contributed by atoms with Gasteiger partial charge in [0.15, 0.2) is 11.2 Å². The molecule has 30 heavy (non-hydrogen) atoms. The van der Waals surface area contributed by atoms with Gasteiger partial charge in [0.2, 0.25) is 0 Å². The molecule has 0 radical (unpaired) electrons. The molecule has 0 amide bonds. The van der Waals surface area contributed by atoms with Crippen molar-refractivity contribution in [2.45, 2.75) is 90.0 Å². The molecule has 0 aromatic heterocycles. The van der Waals surface area contributed by atoms with Crippen LogP contribution in [0.1, 0.15) is 60.3 Å². The Balaban J connectivity index is 0.00000407. The van der Waals surface area contributed by atoms with Gasteiger partial charge < -0.3 is 14.9 Å². The molecule has 4 atom stereocenters. The molecule has 1 fully saturated rings. The highest BCUT2D eigenvalue weighted by Gasteiger charge is 2.61. The number of ether oxygens (including phenoxy) is 1. The van der Waals surface area contributed by atoms with E-state index in [2.05, 4.69) is 0 Å². The predicted molar refractivity (Wildman–Crippen MR) is 95.2 cm³/mol. The minimum Gasteiger partial charge on any atom is -0.462 e. The number of carbonyl (C=O) groups is 1. The molecule has 0 spiro atoms. The molecule has 0 saturated heterocycles. The standard InChI is InChI=1S/C18H28F6O4.CH3F/c1-6-14(2,3)13(25)28-12-8-10(15(4,26)17(19,20)21)7-11(9-12)16(5,27)18(22,23)24;1-2/h10-12,26-27H,6-9H2,1-5H3;1H3. The Morgan fingerprint density at radius 2 is 1.17 bits per heavy atom. The molecule has 4 nitrogen and oxygen atoms in total. The lowest BCUT2D eigenvalue weighted by Gasteiger charge is -2.46. The molecule has 0 heterocycles. The summed E-state index contributed by atoms with van der Waals surface area (Å²) in [5.41, 5.74) is -7.56. The Morgan fingerprint density at radius 3 is 1.43 bits per heavy atom. The molecular weight excluding hydrogens is 425 g/mol. The number of hydrogen-bond acceptors (Lipinski definition) is 4. The first-order valence-corrected chi connectivity index (χ1v) is 9.44. The van der Waals surface area contributed by atoms with Crippen LogP contribution in [-0.2, 0) is 9.53 Å². The predicted octanol–water partition coefficient (Wildman–Crippen LogP) is 4.96. The van der Waals surface area contributed by atoms with Crippen LogP contribution in [0.5, 0.6) is 0 Å². The van der Waals surface area contributed by atoms with E-state index in [0.29, 0.717) is 27.4 Å². The van der Waals surface area contributed by atoms with Crippen molar-refractivity contribution >= 4 is 5.97 Å². The first-order valence-electron chi connectivity index (χ1n) is 9.44. The Kier molecular flexibility index (Phi) is 9.23. The molecule has 11 heteroatoms. The average Bonchev–Trinajstić information content (AvgIpc) is 2.61. The van der Waals surface area contributed by atoms with Crippen molar-refractivity contribution in [2.24, 2.45) is 17.3 Å². The maximum atomic E-state index is 13.3. The number of aliphatic hydroxyl groups is 2. The fourth-order valence-corrected chi connectivity index (χ4v) is 3.20. The van der Waals surface area contributed by atoms with E-state index in [4.69, 9.17) is 4.74 Å². The number of halogens is 7. The lowest BCUT2D eigenvalue weighted by Crippen LogP contribution is -2.57. The Labute approximate surface area is 171 Å². The molecule has 180 valence electrons. The lowest BCUT2D eigenvalue weighted by atomic mass is 9.67. The second-order valence-corrected chi connectivity index (χ2v) is 8.66. The van der Waals surface area contributed by atoms with Crippen molar-refractivity contribution in [1.82, 2.24) is 0 Å². The molecule has 1 saturated carbocycles. The smallest absolute Gasteiger partial charge is 0.417 e. The van der Waals surface area contributed by atoms with Gasteiger partial charge in [-0.25, -0.2) is 0 Å². The lowest BCUT2D eigenvalue weighted by molar-refractivity contribution is -0.299. The van der Waals surface area contributed by atoms with Gasteiger partial charge in [-0.3, -0.25) is 9.18 Å². The first kappa shape index (κ1) is 28.9. The summed E-state index contributed by atoms with van der Waals surface area (Å²) < 4.78 is 94.3.